The molecule has 0 saturated carbocycles. The average molecular weight is 234 g/mol. The highest BCUT2D eigenvalue weighted by molar-refractivity contribution is 5.81. The van der Waals surface area contributed by atoms with E-state index in [-0.39, 0.29) is 12.5 Å². The summed E-state index contributed by atoms with van der Waals surface area (Å²) in [6, 6.07) is 8.15. The molecule has 1 fully saturated rings. The second-order valence-electron chi connectivity index (χ2n) is 4.29. The van der Waals surface area contributed by atoms with Crippen LogP contribution in [0.1, 0.15) is 18.4 Å². The molecule has 0 bridgehead atoms. The van der Waals surface area contributed by atoms with Gasteiger partial charge in [0, 0.05) is 26.6 Å². The maximum Gasteiger partial charge on any atom is 0.242 e. The van der Waals surface area contributed by atoms with Crippen LogP contribution in [0.5, 0.6) is 0 Å². The number of carbonyl (C=O) groups excluding carboxylic acids is 1. The highest BCUT2D eigenvalue weighted by atomic mass is 16.2. The van der Waals surface area contributed by atoms with Crippen molar-refractivity contribution < 1.29 is 9.90 Å². The highest BCUT2D eigenvalue weighted by Gasteiger charge is 2.25. The van der Waals surface area contributed by atoms with Crippen molar-refractivity contribution in [1.82, 2.24) is 5.01 Å². The van der Waals surface area contributed by atoms with Gasteiger partial charge in [-0.25, -0.2) is 0 Å². The lowest BCUT2D eigenvalue weighted by Gasteiger charge is -2.26. The molecule has 0 radical (unpaired) electrons. The SMILES string of the molecule is CN1C(=O)CCN1c1cccc(CCCO)c1. The number of hydrazine groups is 1. The van der Waals surface area contributed by atoms with E-state index in [1.807, 2.05) is 17.1 Å². The zero-order chi connectivity index (χ0) is 12.3. The Morgan fingerprint density at radius 1 is 1.41 bits per heavy atom. The predicted molar refractivity (Wildman–Crippen MR) is 66.6 cm³/mol. The second-order valence-corrected chi connectivity index (χ2v) is 4.29. The van der Waals surface area contributed by atoms with E-state index >= 15 is 0 Å². The van der Waals surface area contributed by atoms with Gasteiger partial charge in [0.25, 0.3) is 0 Å². The lowest BCUT2D eigenvalue weighted by Crippen LogP contribution is -2.35. The first-order valence-corrected chi connectivity index (χ1v) is 5.96. The Balaban J connectivity index is 2.13. The normalized spacial score (nSPS) is 15.8. The summed E-state index contributed by atoms with van der Waals surface area (Å²) in [6.07, 6.45) is 2.23. The molecular weight excluding hydrogens is 216 g/mol. The Hall–Kier alpha value is -1.55. The molecule has 1 aromatic carbocycles. The average Bonchev–Trinajstić information content (AvgIpc) is 2.68. The summed E-state index contributed by atoms with van der Waals surface area (Å²) in [4.78, 5) is 11.5. The number of nitrogens with zero attached hydrogens (tertiary/aromatic N) is 2. The molecule has 1 N–H and O–H groups in total. The predicted octanol–water partition coefficient (Wildman–Crippen LogP) is 1.20. The zero-order valence-electron chi connectivity index (χ0n) is 10.1. The molecule has 0 atom stereocenters. The van der Waals surface area contributed by atoms with Gasteiger partial charge < -0.3 is 5.11 Å². The number of rotatable bonds is 4. The van der Waals surface area contributed by atoms with Crippen molar-refractivity contribution in [2.75, 3.05) is 25.2 Å². The van der Waals surface area contributed by atoms with E-state index in [9.17, 15) is 4.79 Å². The summed E-state index contributed by atoms with van der Waals surface area (Å²) in [7, 11) is 1.80. The number of benzene rings is 1. The molecule has 92 valence electrons. The first-order valence-electron chi connectivity index (χ1n) is 5.96. The number of amides is 1. The number of aryl methyl sites for hydroxylation is 1. The Kier molecular flexibility index (Phi) is 3.64. The third-order valence-corrected chi connectivity index (χ3v) is 3.09. The van der Waals surface area contributed by atoms with E-state index in [0.717, 1.165) is 25.1 Å². The molecular formula is C13H18N2O2. The van der Waals surface area contributed by atoms with E-state index in [1.165, 1.54) is 5.56 Å². The molecule has 1 heterocycles. The minimum Gasteiger partial charge on any atom is -0.396 e. The summed E-state index contributed by atoms with van der Waals surface area (Å²) in [5.41, 5.74) is 2.25. The Labute approximate surface area is 101 Å². The van der Waals surface area contributed by atoms with E-state index in [1.54, 1.807) is 12.1 Å². The molecule has 0 aromatic heterocycles. The van der Waals surface area contributed by atoms with E-state index in [2.05, 4.69) is 12.1 Å². The fourth-order valence-corrected chi connectivity index (χ4v) is 2.11. The van der Waals surface area contributed by atoms with E-state index in [4.69, 9.17) is 5.11 Å². The topological polar surface area (TPSA) is 43.8 Å². The molecule has 2 rings (SSSR count). The van der Waals surface area contributed by atoms with Crippen molar-refractivity contribution in [3.05, 3.63) is 29.8 Å². The number of carbonyl (C=O) groups is 1. The van der Waals surface area contributed by atoms with Gasteiger partial charge in [0.05, 0.1) is 5.69 Å². The van der Waals surface area contributed by atoms with Gasteiger partial charge in [-0.2, -0.15) is 0 Å². The first kappa shape index (κ1) is 11.9. The minimum atomic E-state index is 0.158. The molecule has 1 aromatic rings. The van der Waals surface area contributed by atoms with Gasteiger partial charge in [-0.3, -0.25) is 14.8 Å². The molecule has 4 nitrogen and oxygen atoms in total. The van der Waals surface area contributed by atoms with Crippen LogP contribution in [0.25, 0.3) is 0 Å². The van der Waals surface area contributed by atoms with Crippen LogP contribution in [0.15, 0.2) is 24.3 Å². The molecule has 1 saturated heterocycles. The molecule has 1 amide bonds. The third kappa shape index (κ3) is 2.58. The molecule has 0 unspecified atom stereocenters. The van der Waals surface area contributed by atoms with Crippen LogP contribution >= 0.6 is 0 Å². The zero-order valence-corrected chi connectivity index (χ0v) is 10.1. The summed E-state index contributed by atoms with van der Waals surface area (Å²) in [6.45, 7) is 0.963. The van der Waals surface area contributed by atoms with Gasteiger partial charge in [0.2, 0.25) is 5.91 Å². The molecule has 0 aliphatic carbocycles. The van der Waals surface area contributed by atoms with Crippen LogP contribution in [-0.2, 0) is 11.2 Å². The fourth-order valence-electron chi connectivity index (χ4n) is 2.11. The maximum absolute atomic E-state index is 11.5. The number of aliphatic hydroxyl groups excluding tert-OH is 1. The molecule has 4 heteroatoms. The number of anilines is 1. The van der Waals surface area contributed by atoms with Gasteiger partial charge in [-0.05, 0) is 30.5 Å². The monoisotopic (exact) mass is 234 g/mol. The van der Waals surface area contributed by atoms with Crippen molar-refractivity contribution in [2.24, 2.45) is 0 Å². The minimum absolute atomic E-state index is 0.158. The van der Waals surface area contributed by atoms with Crippen LogP contribution in [0.3, 0.4) is 0 Å². The summed E-state index contributed by atoms with van der Waals surface area (Å²) >= 11 is 0. The van der Waals surface area contributed by atoms with Gasteiger partial charge in [0.15, 0.2) is 0 Å². The standard InChI is InChI=1S/C13H18N2O2/c1-14-13(17)7-8-15(14)12-6-2-4-11(10-12)5-3-9-16/h2,4,6,10,16H,3,5,7-9H2,1H3. The lowest BCUT2D eigenvalue weighted by molar-refractivity contribution is -0.126. The summed E-state index contributed by atoms with van der Waals surface area (Å²) < 4.78 is 0. The number of hydrogen-bond acceptors (Lipinski definition) is 3. The van der Waals surface area contributed by atoms with E-state index in [0.29, 0.717) is 6.42 Å². The maximum atomic E-state index is 11.5. The number of hydrogen-bond donors (Lipinski definition) is 1. The fraction of sp³-hybridized carbons (Fsp3) is 0.462. The van der Waals surface area contributed by atoms with Crippen molar-refractivity contribution >= 4 is 11.6 Å². The quantitative estimate of drug-likeness (QED) is 0.851. The molecule has 17 heavy (non-hydrogen) atoms. The Morgan fingerprint density at radius 2 is 2.24 bits per heavy atom. The second kappa shape index (κ2) is 5.19. The Bertz CT molecular complexity index is 406. The van der Waals surface area contributed by atoms with Crippen LogP contribution in [0, 0.1) is 0 Å². The van der Waals surface area contributed by atoms with Crippen LogP contribution in [-0.4, -0.2) is 36.2 Å². The van der Waals surface area contributed by atoms with E-state index < -0.39 is 0 Å². The van der Waals surface area contributed by atoms with Crippen molar-refractivity contribution in [3.63, 3.8) is 0 Å². The highest BCUT2D eigenvalue weighted by Crippen LogP contribution is 2.22. The van der Waals surface area contributed by atoms with Crippen LogP contribution in [0.4, 0.5) is 5.69 Å². The van der Waals surface area contributed by atoms with Crippen molar-refractivity contribution in [3.8, 4) is 0 Å². The number of aliphatic hydroxyl groups is 1. The van der Waals surface area contributed by atoms with Crippen LogP contribution < -0.4 is 5.01 Å². The molecule has 0 spiro atoms. The largest absolute Gasteiger partial charge is 0.396 e. The summed E-state index contributed by atoms with van der Waals surface area (Å²) in [5.74, 6) is 0.158. The van der Waals surface area contributed by atoms with Crippen molar-refractivity contribution in [2.45, 2.75) is 19.3 Å². The molecule has 1 aliphatic rings. The third-order valence-electron chi connectivity index (χ3n) is 3.09. The van der Waals surface area contributed by atoms with Gasteiger partial charge in [-0.15, -0.1) is 0 Å². The van der Waals surface area contributed by atoms with Gasteiger partial charge in [0.1, 0.15) is 0 Å². The van der Waals surface area contributed by atoms with Gasteiger partial charge >= 0.3 is 0 Å². The lowest BCUT2D eigenvalue weighted by atomic mass is 10.1. The molecule has 1 aliphatic heterocycles. The van der Waals surface area contributed by atoms with Crippen LogP contribution in [0.2, 0.25) is 0 Å². The summed E-state index contributed by atoms with van der Waals surface area (Å²) in [5, 5.41) is 12.5. The Morgan fingerprint density at radius 3 is 2.88 bits per heavy atom. The van der Waals surface area contributed by atoms with Gasteiger partial charge in [-0.1, -0.05) is 12.1 Å². The first-order chi connectivity index (χ1) is 8.22. The van der Waals surface area contributed by atoms with Crippen molar-refractivity contribution in [1.29, 1.82) is 0 Å². The smallest absolute Gasteiger partial charge is 0.242 e.